The lowest BCUT2D eigenvalue weighted by Crippen LogP contribution is -2.06. The molecule has 9 rings (SSSR count). The second kappa shape index (κ2) is 24.6. The van der Waals surface area contributed by atoms with Crippen LogP contribution in [0.15, 0.2) is 121 Å². The molecule has 8 bridgehead atoms. The van der Waals surface area contributed by atoms with E-state index in [0.717, 1.165) is 118 Å². The van der Waals surface area contributed by atoms with Crippen LogP contribution in [-0.2, 0) is 18.9 Å². The summed E-state index contributed by atoms with van der Waals surface area (Å²) in [5, 5.41) is 0. The molecule has 12 nitrogen and oxygen atoms in total. The molecule has 2 N–H and O–H groups in total. The molecule has 0 atom stereocenters. The molecular formula is C64H62N4O8. The Morgan fingerprint density at radius 3 is 0.842 bits per heavy atom. The SMILES string of the molecule is CCCCOC(=O)c1ccc(-c2c3nc(c(-c4ccc(C(=O)OCCCC)cc4)c4ccc([nH]4)c(-c4ccc(C(=O)OCCCC)cc4)c4ccc([nH]4)c(-c4ccc(C(=O)OCCCC)cc4)c4nc2C=C4)C=C3)cc1. The van der Waals surface area contributed by atoms with Crippen LogP contribution in [-0.4, -0.2) is 70.2 Å². The second-order valence-electron chi connectivity index (χ2n) is 18.8. The van der Waals surface area contributed by atoms with E-state index >= 15 is 0 Å². The first-order valence-corrected chi connectivity index (χ1v) is 26.4. The first-order valence-electron chi connectivity index (χ1n) is 26.4. The van der Waals surface area contributed by atoms with E-state index in [4.69, 9.17) is 28.9 Å². The highest BCUT2D eigenvalue weighted by atomic mass is 16.5. The van der Waals surface area contributed by atoms with Gasteiger partial charge in [-0.15, -0.1) is 0 Å². The Morgan fingerprint density at radius 2 is 0.566 bits per heavy atom. The summed E-state index contributed by atoms with van der Waals surface area (Å²) in [5.41, 5.74) is 13.8. The van der Waals surface area contributed by atoms with E-state index in [9.17, 15) is 19.2 Å². The minimum atomic E-state index is -0.389. The highest BCUT2D eigenvalue weighted by molar-refractivity contribution is 6.02. The lowest BCUT2D eigenvalue weighted by Gasteiger charge is -2.09. The fraction of sp³-hybridized carbons (Fsp3) is 0.250. The normalized spacial score (nSPS) is 11.6. The van der Waals surface area contributed by atoms with Gasteiger partial charge in [0.25, 0.3) is 0 Å². The lowest BCUT2D eigenvalue weighted by molar-refractivity contribution is 0.0490. The van der Waals surface area contributed by atoms with Gasteiger partial charge in [-0.25, -0.2) is 29.1 Å². The van der Waals surface area contributed by atoms with Crippen molar-refractivity contribution >= 4 is 70.2 Å². The Morgan fingerprint density at radius 1 is 0.329 bits per heavy atom. The predicted molar refractivity (Wildman–Crippen MR) is 301 cm³/mol. The number of fused-ring (bicyclic) bond motifs is 8. The van der Waals surface area contributed by atoms with Crippen molar-refractivity contribution in [2.75, 3.05) is 26.4 Å². The molecule has 2 aliphatic rings. The number of hydrogen-bond donors (Lipinski definition) is 2. The molecule has 7 aromatic rings. The van der Waals surface area contributed by atoms with E-state index in [1.54, 1.807) is 48.5 Å². The van der Waals surface area contributed by atoms with Crippen LogP contribution in [0.5, 0.6) is 0 Å². The Balaban J connectivity index is 1.30. The average Bonchev–Trinajstić information content (AvgIpc) is 4.32. The smallest absolute Gasteiger partial charge is 0.338 e. The van der Waals surface area contributed by atoms with Crippen LogP contribution in [0.3, 0.4) is 0 Å². The Kier molecular flexibility index (Phi) is 16.9. The van der Waals surface area contributed by atoms with Crippen LogP contribution in [0, 0.1) is 0 Å². The number of aromatic nitrogens is 4. The molecule has 0 amide bonds. The standard InChI is InChI=1S/C64H62N4O8/c1-5-9-37-73-61(69)45-21-13-41(14-22-45)57-49-29-31-51(65-49)58(42-15-23-46(24-16-42)62(70)74-38-10-6-2)53-33-35-55(67-53)60(44-19-27-48(28-20-44)64(72)76-40-12-8-4)56-36-34-54(68-56)59(52-32-30-50(57)66-52)43-17-25-47(26-18-43)63(71)75-39-11-7-3/h13-36,65-66H,5-12,37-40H2,1-4H3. The molecule has 0 saturated carbocycles. The number of rotatable bonds is 20. The molecule has 3 aromatic heterocycles. The third-order valence-corrected chi connectivity index (χ3v) is 13.3. The monoisotopic (exact) mass is 1010 g/mol. The average molecular weight is 1020 g/mol. The number of unbranched alkanes of at least 4 members (excludes halogenated alkanes) is 4. The summed E-state index contributed by atoms with van der Waals surface area (Å²) in [6.45, 7) is 9.59. The highest BCUT2D eigenvalue weighted by Crippen LogP contribution is 2.39. The minimum Gasteiger partial charge on any atom is -0.462 e. The Hall–Kier alpha value is -8.64. The summed E-state index contributed by atoms with van der Waals surface area (Å²) in [4.78, 5) is 70.7. The fourth-order valence-corrected chi connectivity index (χ4v) is 9.08. The molecule has 4 aromatic carbocycles. The summed E-state index contributed by atoms with van der Waals surface area (Å²) < 4.78 is 22.2. The van der Waals surface area contributed by atoms with E-state index in [0.29, 0.717) is 71.5 Å². The number of aromatic amines is 2. The first-order chi connectivity index (χ1) is 37.2. The molecule has 12 heteroatoms. The van der Waals surface area contributed by atoms with E-state index in [-0.39, 0.29) is 23.9 Å². The predicted octanol–water partition coefficient (Wildman–Crippen LogP) is 15.2. The zero-order valence-corrected chi connectivity index (χ0v) is 43.5. The van der Waals surface area contributed by atoms with Gasteiger partial charge in [0, 0.05) is 44.3 Å². The molecule has 0 radical (unpaired) electrons. The van der Waals surface area contributed by atoms with E-state index < -0.39 is 0 Å². The van der Waals surface area contributed by atoms with Crippen molar-refractivity contribution in [3.8, 4) is 44.5 Å². The number of carbonyl (C=O) groups is 4. The van der Waals surface area contributed by atoms with Crippen LogP contribution in [0.2, 0.25) is 0 Å². The van der Waals surface area contributed by atoms with Crippen LogP contribution in [0.4, 0.5) is 0 Å². The molecule has 5 heterocycles. The molecule has 386 valence electrons. The van der Waals surface area contributed by atoms with Gasteiger partial charge >= 0.3 is 23.9 Å². The van der Waals surface area contributed by atoms with Gasteiger partial charge in [0.1, 0.15) is 0 Å². The number of hydrogen-bond acceptors (Lipinski definition) is 10. The van der Waals surface area contributed by atoms with Gasteiger partial charge in [0.2, 0.25) is 0 Å². The number of ether oxygens (including phenoxy) is 4. The van der Waals surface area contributed by atoms with Gasteiger partial charge in [0.05, 0.1) is 71.5 Å². The second-order valence-corrected chi connectivity index (χ2v) is 18.8. The summed E-state index contributed by atoms with van der Waals surface area (Å²) in [6.07, 6.45) is 14.7. The molecule has 0 aliphatic carbocycles. The number of nitrogens with one attached hydrogen (secondary N) is 2. The van der Waals surface area contributed by atoms with Crippen LogP contribution < -0.4 is 0 Å². The summed E-state index contributed by atoms with van der Waals surface area (Å²) in [5.74, 6) is -1.54. The van der Waals surface area contributed by atoms with Crippen molar-refractivity contribution in [2.24, 2.45) is 0 Å². The fourth-order valence-electron chi connectivity index (χ4n) is 9.08. The van der Waals surface area contributed by atoms with E-state index in [1.165, 1.54) is 0 Å². The molecule has 2 aliphatic heterocycles. The Bertz CT molecular complexity index is 3310. The number of H-pyrrole nitrogens is 2. The maximum Gasteiger partial charge on any atom is 0.338 e. The van der Waals surface area contributed by atoms with E-state index in [1.807, 2.05) is 104 Å². The third-order valence-electron chi connectivity index (χ3n) is 13.3. The highest BCUT2D eigenvalue weighted by Gasteiger charge is 2.22. The molecule has 76 heavy (non-hydrogen) atoms. The van der Waals surface area contributed by atoms with Gasteiger partial charge in [-0.05, 0) is 145 Å². The van der Waals surface area contributed by atoms with Crippen molar-refractivity contribution < 1.29 is 38.1 Å². The van der Waals surface area contributed by atoms with Gasteiger partial charge in [-0.2, -0.15) is 0 Å². The first kappa shape index (κ1) is 52.2. The van der Waals surface area contributed by atoms with Crippen LogP contribution in [0.1, 0.15) is 143 Å². The number of carbonyl (C=O) groups excluding carboxylic acids is 4. The molecule has 0 fully saturated rings. The van der Waals surface area contributed by atoms with Crippen LogP contribution in [0.25, 0.3) is 90.9 Å². The van der Waals surface area contributed by atoms with Gasteiger partial charge in [-0.1, -0.05) is 102 Å². The molecule has 0 saturated heterocycles. The third kappa shape index (κ3) is 11.8. The van der Waals surface area contributed by atoms with Gasteiger partial charge in [-0.3, -0.25) is 0 Å². The van der Waals surface area contributed by atoms with E-state index in [2.05, 4.69) is 30.7 Å². The maximum absolute atomic E-state index is 13.1. The molecular weight excluding hydrogens is 953 g/mol. The number of benzene rings is 4. The van der Waals surface area contributed by atoms with Crippen molar-refractivity contribution in [1.29, 1.82) is 0 Å². The quantitative estimate of drug-likeness (QED) is 0.0427. The summed E-state index contributed by atoms with van der Waals surface area (Å²) in [6, 6.07) is 37.6. The van der Waals surface area contributed by atoms with Gasteiger partial charge in [0.15, 0.2) is 0 Å². The zero-order chi connectivity index (χ0) is 53.0. The zero-order valence-electron chi connectivity index (χ0n) is 43.5. The van der Waals surface area contributed by atoms with Crippen LogP contribution >= 0.6 is 0 Å². The largest absolute Gasteiger partial charge is 0.462 e. The maximum atomic E-state index is 13.1. The van der Waals surface area contributed by atoms with Crippen molar-refractivity contribution in [3.63, 3.8) is 0 Å². The number of nitrogens with zero attached hydrogens (tertiary/aromatic N) is 2. The summed E-state index contributed by atoms with van der Waals surface area (Å²) >= 11 is 0. The Labute approximate surface area is 442 Å². The lowest BCUT2D eigenvalue weighted by atomic mass is 10.0. The summed E-state index contributed by atoms with van der Waals surface area (Å²) in [7, 11) is 0. The topological polar surface area (TPSA) is 163 Å². The molecule has 0 unspecified atom stereocenters. The van der Waals surface area contributed by atoms with Crippen molar-refractivity contribution in [2.45, 2.75) is 79.1 Å². The van der Waals surface area contributed by atoms with Crippen molar-refractivity contribution in [3.05, 3.63) is 166 Å². The molecule has 0 spiro atoms. The minimum absolute atomic E-state index is 0.346. The number of esters is 4. The van der Waals surface area contributed by atoms with Crippen molar-refractivity contribution in [1.82, 2.24) is 19.9 Å². The van der Waals surface area contributed by atoms with Gasteiger partial charge < -0.3 is 28.9 Å².